The number of H-pyrrole nitrogens is 2. The number of hydrogen-bond acceptors (Lipinski definition) is 6. The molecule has 10 nitrogen and oxygen atoms in total. The number of nitrogens with zero attached hydrogens (tertiary/aromatic N) is 2. The molecule has 1 aliphatic heterocycles. The third kappa shape index (κ3) is 4.97. The van der Waals surface area contributed by atoms with E-state index in [4.69, 9.17) is 4.74 Å². The third-order valence-corrected chi connectivity index (χ3v) is 4.62. The number of carbonyl (C=O) groups excluding carboxylic acids is 2. The smallest absolute Gasteiger partial charge is 0.340 e. The van der Waals surface area contributed by atoms with Crippen LogP contribution in [0, 0.1) is 0 Å². The molecule has 3 rings (SSSR count). The molecule has 150 valence electrons. The van der Waals surface area contributed by atoms with E-state index in [0.717, 1.165) is 11.3 Å². The molecule has 4 N–H and O–H groups in total. The van der Waals surface area contributed by atoms with Crippen LogP contribution in [0.25, 0.3) is 0 Å². The maximum Gasteiger partial charge on any atom is 0.340 e. The lowest BCUT2D eigenvalue weighted by Crippen LogP contribution is -2.56. The molecule has 0 aliphatic carbocycles. The SMILES string of the molecule is COc1ccccc1CN1CCNC(=O)C1CC(=O)NCCc1n[nH]c(=O)[nH]1. The third-order valence-electron chi connectivity index (χ3n) is 4.62. The topological polar surface area (TPSA) is 132 Å². The molecular formula is C18H24N6O4. The van der Waals surface area contributed by atoms with Gasteiger partial charge in [0.1, 0.15) is 11.6 Å². The molecule has 10 heteroatoms. The van der Waals surface area contributed by atoms with Gasteiger partial charge >= 0.3 is 5.69 Å². The van der Waals surface area contributed by atoms with Crippen molar-refractivity contribution in [3.05, 3.63) is 46.1 Å². The number of piperazine rings is 1. The molecule has 1 unspecified atom stereocenters. The van der Waals surface area contributed by atoms with Gasteiger partial charge in [0.25, 0.3) is 0 Å². The first-order valence-corrected chi connectivity index (χ1v) is 9.10. The average Bonchev–Trinajstić information content (AvgIpc) is 3.10. The van der Waals surface area contributed by atoms with Gasteiger partial charge in [-0.15, -0.1) is 0 Å². The zero-order chi connectivity index (χ0) is 19.9. The summed E-state index contributed by atoms with van der Waals surface area (Å²) in [5.74, 6) is 0.834. The Morgan fingerprint density at radius 3 is 2.93 bits per heavy atom. The number of rotatable bonds is 8. The standard InChI is InChI=1S/C18H24N6O4/c1-28-14-5-3-2-4-12(14)11-24-9-8-20-17(26)13(24)10-16(25)19-7-6-15-21-18(27)23-22-15/h2-5,13H,6-11H2,1H3,(H,19,25)(H,20,26)(H2,21,22,23,27). The molecular weight excluding hydrogens is 364 g/mol. The van der Waals surface area contributed by atoms with Crippen LogP contribution in [0.15, 0.2) is 29.1 Å². The number of para-hydroxylation sites is 1. The second kappa shape index (κ2) is 9.18. The van der Waals surface area contributed by atoms with Crippen molar-refractivity contribution in [2.45, 2.75) is 25.4 Å². The highest BCUT2D eigenvalue weighted by Crippen LogP contribution is 2.21. The van der Waals surface area contributed by atoms with Crippen molar-refractivity contribution >= 4 is 11.8 Å². The minimum Gasteiger partial charge on any atom is -0.496 e. The lowest BCUT2D eigenvalue weighted by molar-refractivity contribution is -0.134. The van der Waals surface area contributed by atoms with Crippen LogP contribution in [0.2, 0.25) is 0 Å². The first-order chi connectivity index (χ1) is 13.6. The average molecular weight is 388 g/mol. The van der Waals surface area contributed by atoms with Crippen LogP contribution < -0.4 is 21.1 Å². The fraction of sp³-hybridized carbons (Fsp3) is 0.444. The molecule has 1 aliphatic rings. The first-order valence-electron chi connectivity index (χ1n) is 9.10. The number of benzene rings is 1. The highest BCUT2D eigenvalue weighted by molar-refractivity contribution is 5.88. The molecule has 2 aromatic rings. The van der Waals surface area contributed by atoms with E-state index in [9.17, 15) is 14.4 Å². The summed E-state index contributed by atoms with van der Waals surface area (Å²) < 4.78 is 5.39. The van der Waals surface area contributed by atoms with E-state index in [1.54, 1.807) is 7.11 Å². The quantitative estimate of drug-likeness (QED) is 0.466. The fourth-order valence-electron chi connectivity index (χ4n) is 3.22. The van der Waals surface area contributed by atoms with Gasteiger partial charge in [-0.25, -0.2) is 9.89 Å². The Labute approximate surface area is 161 Å². The maximum atomic E-state index is 12.4. The predicted octanol–water partition coefficient (Wildman–Crippen LogP) is -0.844. The lowest BCUT2D eigenvalue weighted by Gasteiger charge is -2.35. The maximum absolute atomic E-state index is 12.4. The molecule has 28 heavy (non-hydrogen) atoms. The van der Waals surface area contributed by atoms with Crippen LogP contribution in [-0.2, 0) is 22.6 Å². The minimum atomic E-state index is -0.552. The van der Waals surface area contributed by atoms with Crippen molar-refractivity contribution in [3.8, 4) is 5.75 Å². The minimum absolute atomic E-state index is 0.0536. The van der Waals surface area contributed by atoms with Gasteiger partial charge in [-0.3, -0.25) is 19.5 Å². The number of amides is 2. The molecule has 2 amide bonds. The van der Waals surface area contributed by atoms with Crippen molar-refractivity contribution in [2.24, 2.45) is 0 Å². The van der Waals surface area contributed by atoms with Gasteiger partial charge in [-0.2, -0.15) is 5.10 Å². The summed E-state index contributed by atoms with van der Waals surface area (Å²) in [5.41, 5.74) is 0.583. The van der Waals surface area contributed by atoms with Crippen molar-refractivity contribution in [1.82, 2.24) is 30.7 Å². The van der Waals surface area contributed by atoms with Crippen molar-refractivity contribution < 1.29 is 14.3 Å². The van der Waals surface area contributed by atoms with Crippen LogP contribution in [-0.4, -0.2) is 64.7 Å². The number of aromatic nitrogens is 3. The molecule has 1 saturated heterocycles. The number of ether oxygens (including phenoxy) is 1. The molecule has 1 aromatic carbocycles. The highest BCUT2D eigenvalue weighted by atomic mass is 16.5. The van der Waals surface area contributed by atoms with E-state index in [1.807, 2.05) is 29.2 Å². The van der Waals surface area contributed by atoms with Gasteiger partial charge in [0.05, 0.1) is 19.6 Å². The summed E-state index contributed by atoms with van der Waals surface area (Å²) in [4.78, 5) is 40.2. The molecule has 2 heterocycles. The van der Waals surface area contributed by atoms with Crippen LogP contribution in [0.5, 0.6) is 5.75 Å². The molecule has 0 radical (unpaired) electrons. The second-order valence-electron chi connectivity index (χ2n) is 6.52. The van der Waals surface area contributed by atoms with Gasteiger partial charge in [0.2, 0.25) is 11.8 Å². The van der Waals surface area contributed by atoms with Gasteiger partial charge < -0.3 is 15.4 Å². The molecule has 0 bridgehead atoms. The van der Waals surface area contributed by atoms with Crippen molar-refractivity contribution in [3.63, 3.8) is 0 Å². The largest absolute Gasteiger partial charge is 0.496 e. The fourth-order valence-corrected chi connectivity index (χ4v) is 3.22. The summed E-state index contributed by atoms with van der Waals surface area (Å²) in [7, 11) is 1.61. The lowest BCUT2D eigenvalue weighted by atomic mass is 10.1. The molecule has 1 fully saturated rings. The Hall–Kier alpha value is -3.14. The Morgan fingerprint density at radius 2 is 2.18 bits per heavy atom. The van der Waals surface area contributed by atoms with Gasteiger partial charge in [0, 0.05) is 38.2 Å². The summed E-state index contributed by atoms with van der Waals surface area (Å²) in [5, 5.41) is 11.6. The number of aromatic amines is 2. The van der Waals surface area contributed by atoms with Gasteiger partial charge in [0.15, 0.2) is 0 Å². The second-order valence-corrected chi connectivity index (χ2v) is 6.52. The Bertz CT molecular complexity index is 877. The predicted molar refractivity (Wildman–Crippen MR) is 101 cm³/mol. The first kappa shape index (κ1) is 19.6. The summed E-state index contributed by atoms with van der Waals surface area (Å²) in [6.07, 6.45) is 0.449. The van der Waals surface area contributed by atoms with E-state index in [0.29, 0.717) is 38.4 Å². The number of hydrogen-bond donors (Lipinski definition) is 4. The molecule has 1 aromatic heterocycles. The van der Waals surface area contributed by atoms with Crippen LogP contribution in [0.3, 0.4) is 0 Å². The highest BCUT2D eigenvalue weighted by Gasteiger charge is 2.31. The zero-order valence-electron chi connectivity index (χ0n) is 15.7. The summed E-state index contributed by atoms with van der Waals surface area (Å²) >= 11 is 0. The van der Waals surface area contributed by atoms with E-state index < -0.39 is 6.04 Å². The summed E-state index contributed by atoms with van der Waals surface area (Å²) in [6, 6.07) is 7.09. The number of carbonyl (C=O) groups is 2. The van der Waals surface area contributed by atoms with Crippen molar-refractivity contribution in [1.29, 1.82) is 0 Å². The van der Waals surface area contributed by atoms with Crippen molar-refractivity contribution in [2.75, 3.05) is 26.7 Å². The van der Waals surface area contributed by atoms with Gasteiger partial charge in [-0.05, 0) is 6.07 Å². The normalized spacial score (nSPS) is 17.2. The monoisotopic (exact) mass is 388 g/mol. The van der Waals surface area contributed by atoms with Crippen LogP contribution in [0.1, 0.15) is 17.8 Å². The zero-order valence-corrected chi connectivity index (χ0v) is 15.7. The molecule has 1 atom stereocenters. The van der Waals surface area contributed by atoms with E-state index in [-0.39, 0.29) is 23.9 Å². The molecule has 0 saturated carbocycles. The number of methoxy groups -OCH3 is 1. The Kier molecular flexibility index (Phi) is 6.43. The van der Waals surface area contributed by atoms with Crippen LogP contribution in [0.4, 0.5) is 0 Å². The Balaban J connectivity index is 1.58. The van der Waals surface area contributed by atoms with E-state index in [2.05, 4.69) is 25.8 Å². The van der Waals surface area contributed by atoms with E-state index >= 15 is 0 Å². The van der Waals surface area contributed by atoms with Gasteiger partial charge in [-0.1, -0.05) is 18.2 Å². The van der Waals surface area contributed by atoms with Crippen LogP contribution >= 0.6 is 0 Å². The number of nitrogens with one attached hydrogen (secondary N) is 4. The summed E-state index contributed by atoms with van der Waals surface area (Å²) in [6.45, 7) is 2.03. The molecule has 0 spiro atoms. The van der Waals surface area contributed by atoms with E-state index in [1.165, 1.54) is 0 Å². The Morgan fingerprint density at radius 1 is 1.36 bits per heavy atom.